The van der Waals surface area contributed by atoms with E-state index in [1.165, 1.54) is 17.0 Å². The number of carbonyl (C=O) groups excluding carboxylic acids is 4. The van der Waals surface area contributed by atoms with Gasteiger partial charge >= 0.3 is 0 Å². The van der Waals surface area contributed by atoms with Crippen LogP contribution in [0.1, 0.15) is 38.2 Å². The monoisotopic (exact) mass is 586 g/mol. The molecule has 4 amide bonds. The van der Waals surface area contributed by atoms with Crippen molar-refractivity contribution in [1.29, 1.82) is 0 Å². The Morgan fingerprint density at radius 3 is 2.43 bits per heavy atom. The van der Waals surface area contributed by atoms with Gasteiger partial charge in [0.2, 0.25) is 23.6 Å². The van der Waals surface area contributed by atoms with E-state index in [2.05, 4.69) is 0 Å². The molecule has 3 aromatic carbocycles. The molecule has 0 radical (unpaired) electrons. The minimum atomic E-state index is -1.26. The van der Waals surface area contributed by atoms with Crippen molar-refractivity contribution in [1.82, 2.24) is 4.90 Å². The Morgan fingerprint density at radius 2 is 1.71 bits per heavy atom. The van der Waals surface area contributed by atoms with Gasteiger partial charge in [-0.1, -0.05) is 53.6 Å². The molecule has 0 unspecified atom stereocenters. The SMILES string of the molecule is CCN1C(=O)[C@H]2[C@H](CC=C3[C@H]2C[C@H]2C(=O)N(c4ccc(F)c(Cl)c4)C(=O)[C@@]2(C)[C@H]3c2ccc(O)c3ccccc23)C1=O. The van der Waals surface area contributed by atoms with Crippen molar-refractivity contribution in [2.24, 2.45) is 29.1 Å². The van der Waals surface area contributed by atoms with Crippen LogP contribution in [-0.2, 0) is 19.2 Å². The smallest absolute Gasteiger partial charge is 0.241 e. The number of amides is 4. The summed E-state index contributed by atoms with van der Waals surface area (Å²) < 4.78 is 14.1. The van der Waals surface area contributed by atoms with E-state index in [4.69, 9.17) is 11.6 Å². The molecule has 1 saturated carbocycles. The molecule has 7 rings (SSSR count). The average molecular weight is 587 g/mol. The summed E-state index contributed by atoms with van der Waals surface area (Å²) >= 11 is 6.07. The summed E-state index contributed by atoms with van der Waals surface area (Å²) in [6, 6.07) is 14.5. The van der Waals surface area contributed by atoms with Gasteiger partial charge in [0.1, 0.15) is 11.6 Å². The Balaban J connectivity index is 1.46. The van der Waals surface area contributed by atoms with E-state index < -0.39 is 52.6 Å². The van der Waals surface area contributed by atoms with Gasteiger partial charge in [0.25, 0.3) is 0 Å². The van der Waals surface area contributed by atoms with Gasteiger partial charge in [-0.05, 0) is 67.8 Å². The third-order valence-corrected chi connectivity index (χ3v) is 10.4. The zero-order chi connectivity index (χ0) is 29.7. The molecule has 6 atom stereocenters. The number of halogens is 2. The number of imide groups is 2. The number of benzene rings is 3. The van der Waals surface area contributed by atoms with E-state index in [0.717, 1.165) is 27.5 Å². The molecule has 3 aromatic rings. The van der Waals surface area contributed by atoms with Gasteiger partial charge in [0, 0.05) is 17.8 Å². The molecule has 9 heteroatoms. The van der Waals surface area contributed by atoms with Gasteiger partial charge in [-0.25, -0.2) is 9.29 Å². The van der Waals surface area contributed by atoms with E-state index >= 15 is 0 Å². The molecule has 2 heterocycles. The number of hydrogen-bond acceptors (Lipinski definition) is 5. The van der Waals surface area contributed by atoms with Crippen LogP contribution in [-0.4, -0.2) is 40.2 Å². The van der Waals surface area contributed by atoms with Crippen LogP contribution in [0.3, 0.4) is 0 Å². The van der Waals surface area contributed by atoms with Crippen LogP contribution in [0.25, 0.3) is 10.8 Å². The zero-order valence-electron chi connectivity index (χ0n) is 23.0. The van der Waals surface area contributed by atoms with E-state index in [9.17, 15) is 28.7 Å². The maximum atomic E-state index is 14.5. The first kappa shape index (κ1) is 26.8. The Hall–Kier alpha value is -4.04. The lowest BCUT2D eigenvalue weighted by Gasteiger charge is -2.49. The van der Waals surface area contributed by atoms with Crippen molar-refractivity contribution < 1.29 is 28.7 Å². The second kappa shape index (κ2) is 9.23. The van der Waals surface area contributed by atoms with Crippen LogP contribution in [0, 0.1) is 34.9 Å². The number of aromatic hydroxyl groups is 1. The number of fused-ring (bicyclic) bond motifs is 5. The summed E-state index contributed by atoms with van der Waals surface area (Å²) in [5, 5.41) is 11.8. The van der Waals surface area contributed by atoms with Crippen molar-refractivity contribution in [3.05, 3.63) is 82.6 Å². The largest absolute Gasteiger partial charge is 0.507 e. The summed E-state index contributed by atoms with van der Waals surface area (Å²) in [5.74, 6) is -4.88. The minimum absolute atomic E-state index is 0.0904. The summed E-state index contributed by atoms with van der Waals surface area (Å²) in [7, 11) is 0. The molecule has 214 valence electrons. The standard InChI is InChI=1S/C33H28ClFN2O5/c1-3-36-29(39)21-10-9-20-22(27(21)31(36)41)15-23-30(40)37(16-8-12-25(35)24(34)14-16)32(42)33(23,2)28(20)19-11-13-26(38)18-7-5-4-6-17(18)19/h4-9,11-14,21-23,27-28,38H,3,10,15H2,1-2H3/t21-,22+,23-,27-,28-,33+/m0/s1. The van der Waals surface area contributed by atoms with Crippen molar-refractivity contribution in [3.8, 4) is 5.75 Å². The van der Waals surface area contributed by atoms with Crippen LogP contribution in [0.4, 0.5) is 10.1 Å². The fourth-order valence-electron chi connectivity index (χ4n) is 8.16. The van der Waals surface area contributed by atoms with E-state index in [0.29, 0.717) is 11.8 Å². The number of carbonyl (C=O) groups is 4. The Labute approximate surface area is 246 Å². The zero-order valence-corrected chi connectivity index (χ0v) is 23.8. The quantitative estimate of drug-likeness (QED) is 0.319. The molecule has 1 N–H and O–H groups in total. The fourth-order valence-corrected chi connectivity index (χ4v) is 8.34. The van der Waals surface area contributed by atoms with Gasteiger partial charge < -0.3 is 5.11 Å². The average Bonchev–Trinajstić information content (AvgIpc) is 3.34. The topological polar surface area (TPSA) is 95.0 Å². The fraction of sp³-hybridized carbons (Fsp3) is 0.333. The van der Waals surface area contributed by atoms with Crippen molar-refractivity contribution >= 4 is 51.7 Å². The molecule has 3 fully saturated rings. The number of hydrogen-bond donors (Lipinski definition) is 1. The van der Waals surface area contributed by atoms with Crippen LogP contribution in [0.15, 0.2) is 66.2 Å². The van der Waals surface area contributed by atoms with Gasteiger partial charge in [0.15, 0.2) is 0 Å². The molecule has 2 aliphatic heterocycles. The van der Waals surface area contributed by atoms with Crippen molar-refractivity contribution in [2.75, 3.05) is 11.4 Å². The number of anilines is 1. The second-order valence-electron chi connectivity index (χ2n) is 11.9. The molecule has 4 aliphatic rings. The minimum Gasteiger partial charge on any atom is -0.507 e. The highest BCUT2D eigenvalue weighted by atomic mass is 35.5. The molecular weight excluding hydrogens is 559 g/mol. The lowest BCUT2D eigenvalue weighted by molar-refractivity contribution is -0.140. The maximum absolute atomic E-state index is 14.5. The third kappa shape index (κ3) is 3.38. The predicted octanol–water partition coefficient (Wildman–Crippen LogP) is 5.59. The maximum Gasteiger partial charge on any atom is 0.241 e. The van der Waals surface area contributed by atoms with Gasteiger partial charge in [-0.15, -0.1) is 0 Å². The highest BCUT2D eigenvalue weighted by Gasteiger charge is 2.67. The first-order valence-electron chi connectivity index (χ1n) is 14.2. The number of phenols is 1. The molecule has 7 nitrogen and oxygen atoms in total. The first-order chi connectivity index (χ1) is 20.1. The van der Waals surface area contributed by atoms with Gasteiger partial charge in [-0.3, -0.25) is 24.1 Å². The van der Waals surface area contributed by atoms with E-state index in [1.807, 2.05) is 24.3 Å². The molecule has 0 aromatic heterocycles. The van der Waals surface area contributed by atoms with Crippen LogP contribution in [0.2, 0.25) is 5.02 Å². The lowest BCUT2D eigenvalue weighted by Crippen LogP contribution is -2.49. The molecule has 0 bridgehead atoms. The van der Waals surface area contributed by atoms with E-state index in [1.54, 1.807) is 32.0 Å². The van der Waals surface area contributed by atoms with Crippen molar-refractivity contribution in [2.45, 2.75) is 32.6 Å². The molecule has 2 aliphatic carbocycles. The highest BCUT2D eigenvalue weighted by molar-refractivity contribution is 6.31. The van der Waals surface area contributed by atoms with Gasteiger partial charge in [0.05, 0.1) is 33.9 Å². The number of likely N-dealkylation sites (tertiary alicyclic amines) is 1. The Bertz CT molecular complexity index is 1770. The normalized spacial score (nSPS) is 30.5. The Morgan fingerprint density at radius 1 is 0.976 bits per heavy atom. The lowest BCUT2D eigenvalue weighted by atomic mass is 9.51. The number of rotatable bonds is 3. The molecule has 0 spiro atoms. The highest BCUT2D eigenvalue weighted by Crippen LogP contribution is 2.64. The summed E-state index contributed by atoms with van der Waals surface area (Å²) in [6.07, 6.45) is 2.59. The second-order valence-corrected chi connectivity index (χ2v) is 12.3. The van der Waals surface area contributed by atoms with Gasteiger partial charge in [-0.2, -0.15) is 0 Å². The molecular formula is C33H28ClFN2O5. The number of nitrogens with zero attached hydrogens (tertiary/aromatic N) is 2. The predicted molar refractivity (Wildman–Crippen MR) is 154 cm³/mol. The third-order valence-electron chi connectivity index (χ3n) is 10.1. The summed E-state index contributed by atoms with van der Waals surface area (Å²) in [4.78, 5) is 58.0. The summed E-state index contributed by atoms with van der Waals surface area (Å²) in [5.41, 5.74) is 0.545. The van der Waals surface area contributed by atoms with E-state index in [-0.39, 0.29) is 41.2 Å². The molecule has 42 heavy (non-hydrogen) atoms. The molecule has 2 saturated heterocycles. The number of phenolic OH excluding ortho intramolecular Hbond substituents is 1. The van der Waals surface area contributed by atoms with Crippen LogP contribution >= 0.6 is 11.6 Å². The Kier molecular flexibility index (Phi) is 5.90. The van der Waals surface area contributed by atoms with Crippen molar-refractivity contribution in [3.63, 3.8) is 0 Å². The summed E-state index contributed by atoms with van der Waals surface area (Å²) in [6.45, 7) is 3.84. The van der Waals surface area contributed by atoms with Crippen LogP contribution in [0.5, 0.6) is 5.75 Å². The number of allylic oxidation sites excluding steroid dienone is 2. The first-order valence-corrected chi connectivity index (χ1v) is 14.6. The van der Waals surface area contributed by atoms with Crippen LogP contribution < -0.4 is 4.90 Å².